The van der Waals surface area contributed by atoms with E-state index in [1.165, 1.54) is 22.7 Å². The van der Waals surface area contributed by atoms with Crippen molar-refractivity contribution in [1.29, 1.82) is 0 Å². The summed E-state index contributed by atoms with van der Waals surface area (Å²) in [6.45, 7) is 1.69. The summed E-state index contributed by atoms with van der Waals surface area (Å²) in [5.74, 6) is 0.510. The van der Waals surface area contributed by atoms with Crippen LogP contribution in [-0.2, 0) is 9.53 Å². The van der Waals surface area contributed by atoms with Crippen LogP contribution in [0.5, 0.6) is 0 Å². The number of aliphatic hydroxyl groups excluding tert-OH is 2. The maximum absolute atomic E-state index is 10.7. The molecule has 11 nitrogen and oxygen atoms in total. The SMILES string of the molecule is Cc1nc(N)c2ncn([C@@H]3O[C@H](CSCCC(N)C(=O)O)[C@@H](O)[C@H]3O)c2n1. The normalized spacial score (nSPS) is 26.5. The molecule has 1 fully saturated rings. The first-order valence-corrected chi connectivity index (χ1v) is 9.49. The van der Waals surface area contributed by atoms with Crippen LogP contribution in [0.25, 0.3) is 11.2 Å². The Labute approximate surface area is 158 Å². The lowest BCUT2D eigenvalue weighted by Crippen LogP contribution is -2.33. The average molecular weight is 398 g/mol. The number of hydrogen-bond acceptors (Lipinski definition) is 10. The Morgan fingerprint density at radius 2 is 2.15 bits per heavy atom. The van der Waals surface area contributed by atoms with Crippen molar-refractivity contribution in [2.45, 2.75) is 43.9 Å². The Kier molecular flexibility index (Phi) is 5.81. The minimum atomic E-state index is -1.18. The van der Waals surface area contributed by atoms with Gasteiger partial charge >= 0.3 is 5.97 Å². The Morgan fingerprint density at radius 1 is 1.41 bits per heavy atom. The van der Waals surface area contributed by atoms with Gasteiger partial charge in [0, 0.05) is 5.75 Å². The van der Waals surface area contributed by atoms with Crippen molar-refractivity contribution < 1.29 is 24.9 Å². The van der Waals surface area contributed by atoms with E-state index in [1.54, 1.807) is 6.92 Å². The van der Waals surface area contributed by atoms with E-state index in [-0.39, 0.29) is 5.82 Å². The molecule has 3 heterocycles. The number of carbonyl (C=O) groups is 1. The van der Waals surface area contributed by atoms with Crippen molar-refractivity contribution in [3.05, 3.63) is 12.2 Å². The number of rotatable bonds is 7. The molecule has 0 amide bonds. The second-order valence-corrected chi connectivity index (χ2v) is 7.48. The molecule has 12 heteroatoms. The molecule has 0 aromatic carbocycles. The number of carboxylic acid groups (broad SMARTS) is 1. The first-order valence-electron chi connectivity index (χ1n) is 8.34. The smallest absolute Gasteiger partial charge is 0.320 e. The molecule has 2 aromatic heterocycles. The molecule has 7 N–H and O–H groups in total. The molecule has 1 aliphatic rings. The second kappa shape index (κ2) is 7.94. The van der Waals surface area contributed by atoms with E-state index < -0.39 is 36.6 Å². The van der Waals surface area contributed by atoms with Crippen LogP contribution in [0.2, 0.25) is 0 Å². The van der Waals surface area contributed by atoms with Gasteiger partial charge in [-0.2, -0.15) is 11.8 Å². The monoisotopic (exact) mass is 398 g/mol. The maximum atomic E-state index is 10.7. The number of nitrogen functional groups attached to an aromatic ring is 1. The number of imidazole rings is 1. The molecule has 0 saturated carbocycles. The lowest BCUT2D eigenvalue weighted by atomic mass is 10.1. The Balaban J connectivity index is 1.68. The fourth-order valence-electron chi connectivity index (χ4n) is 2.87. The van der Waals surface area contributed by atoms with Crippen LogP contribution in [0.4, 0.5) is 5.82 Å². The third-order valence-corrected chi connectivity index (χ3v) is 5.43. The number of aromatic nitrogens is 4. The average Bonchev–Trinajstić information content (AvgIpc) is 3.14. The molecular weight excluding hydrogens is 376 g/mol. The molecule has 148 valence electrons. The summed E-state index contributed by atoms with van der Waals surface area (Å²) in [5.41, 5.74) is 12.1. The maximum Gasteiger partial charge on any atom is 0.320 e. The summed E-state index contributed by atoms with van der Waals surface area (Å²) < 4.78 is 7.35. The molecule has 2 aromatic rings. The number of hydrogen-bond donors (Lipinski definition) is 5. The number of nitrogens with two attached hydrogens (primary N) is 2. The summed E-state index contributed by atoms with van der Waals surface area (Å²) in [7, 11) is 0. The van der Waals surface area contributed by atoms with Gasteiger partial charge in [-0.3, -0.25) is 9.36 Å². The lowest BCUT2D eigenvalue weighted by molar-refractivity contribution is -0.138. The van der Waals surface area contributed by atoms with E-state index in [1.807, 2.05) is 0 Å². The topological polar surface area (TPSA) is 183 Å². The number of aliphatic carboxylic acids is 1. The van der Waals surface area contributed by atoms with Gasteiger partial charge in [0.25, 0.3) is 0 Å². The lowest BCUT2D eigenvalue weighted by Gasteiger charge is -2.16. The van der Waals surface area contributed by atoms with Gasteiger partial charge < -0.3 is 31.5 Å². The van der Waals surface area contributed by atoms with Crippen molar-refractivity contribution in [3.63, 3.8) is 0 Å². The summed E-state index contributed by atoms with van der Waals surface area (Å²) in [5, 5.41) is 29.5. The van der Waals surface area contributed by atoms with Gasteiger partial charge in [-0.15, -0.1) is 0 Å². The van der Waals surface area contributed by atoms with Gasteiger partial charge in [-0.05, 0) is 19.1 Å². The third-order valence-electron chi connectivity index (χ3n) is 4.34. The number of aliphatic hydroxyl groups is 2. The highest BCUT2D eigenvalue weighted by Crippen LogP contribution is 2.33. The molecule has 1 unspecified atom stereocenters. The third kappa shape index (κ3) is 3.99. The van der Waals surface area contributed by atoms with Crippen molar-refractivity contribution in [3.8, 4) is 0 Å². The number of anilines is 1. The van der Waals surface area contributed by atoms with E-state index in [9.17, 15) is 15.0 Å². The highest BCUT2D eigenvalue weighted by molar-refractivity contribution is 7.99. The molecule has 0 radical (unpaired) electrons. The fourth-order valence-corrected chi connectivity index (χ4v) is 3.96. The molecule has 1 aliphatic heterocycles. The van der Waals surface area contributed by atoms with Crippen LogP contribution in [0.15, 0.2) is 6.33 Å². The number of aryl methyl sites for hydroxylation is 1. The largest absolute Gasteiger partial charge is 0.480 e. The van der Waals surface area contributed by atoms with Crippen LogP contribution in [-0.4, -0.2) is 76.7 Å². The van der Waals surface area contributed by atoms with E-state index in [0.717, 1.165) is 0 Å². The quantitative estimate of drug-likeness (QED) is 0.356. The van der Waals surface area contributed by atoms with Gasteiger partial charge in [0.1, 0.15) is 29.6 Å². The first kappa shape index (κ1) is 19.8. The van der Waals surface area contributed by atoms with Crippen LogP contribution in [0.1, 0.15) is 18.5 Å². The number of thioether (sulfide) groups is 1. The van der Waals surface area contributed by atoms with Crippen molar-refractivity contribution in [1.82, 2.24) is 19.5 Å². The first-order chi connectivity index (χ1) is 12.8. The molecule has 3 rings (SSSR count). The van der Waals surface area contributed by atoms with Crippen LogP contribution >= 0.6 is 11.8 Å². The molecular formula is C15H22N6O5S. The van der Waals surface area contributed by atoms with Gasteiger partial charge in [0.2, 0.25) is 0 Å². The number of fused-ring (bicyclic) bond motifs is 1. The number of ether oxygens (including phenoxy) is 1. The molecule has 0 bridgehead atoms. The standard InChI is InChI=1S/C15H22N6O5S/c1-6-19-12(17)9-13(20-6)21(5-18-9)14-11(23)10(22)8(26-14)4-27-3-2-7(16)15(24)25/h5,7-8,10-11,14,22-23H,2-4,16H2,1H3,(H,24,25)(H2,17,19,20)/t7?,8-,10-,11-,14-/m1/s1. The van der Waals surface area contributed by atoms with Crippen LogP contribution in [0.3, 0.4) is 0 Å². The molecule has 5 atom stereocenters. The minimum absolute atomic E-state index is 0.228. The van der Waals surface area contributed by atoms with Gasteiger partial charge in [-0.1, -0.05) is 0 Å². The summed E-state index contributed by atoms with van der Waals surface area (Å²) in [4.78, 5) is 23.2. The van der Waals surface area contributed by atoms with Gasteiger partial charge in [-0.25, -0.2) is 15.0 Å². The summed E-state index contributed by atoms with van der Waals surface area (Å²) in [6.07, 6.45) is -2.04. The predicted molar refractivity (Wildman–Crippen MR) is 97.9 cm³/mol. The van der Waals surface area contributed by atoms with Crippen molar-refractivity contribution >= 4 is 34.7 Å². The fraction of sp³-hybridized carbons (Fsp3) is 0.600. The number of carboxylic acids is 1. The summed E-state index contributed by atoms with van der Waals surface area (Å²) >= 11 is 1.40. The van der Waals surface area contributed by atoms with Crippen LogP contribution < -0.4 is 11.5 Å². The highest BCUT2D eigenvalue weighted by Gasteiger charge is 2.44. The summed E-state index contributed by atoms with van der Waals surface area (Å²) in [6, 6.07) is -0.920. The zero-order chi connectivity index (χ0) is 19.7. The van der Waals surface area contributed by atoms with Crippen molar-refractivity contribution in [2.75, 3.05) is 17.2 Å². The Morgan fingerprint density at radius 3 is 2.85 bits per heavy atom. The highest BCUT2D eigenvalue weighted by atomic mass is 32.2. The number of nitrogens with zero attached hydrogens (tertiary/aromatic N) is 4. The molecule has 1 saturated heterocycles. The molecule has 27 heavy (non-hydrogen) atoms. The predicted octanol–water partition coefficient (Wildman–Crippen LogP) is -1.13. The van der Waals surface area contributed by atoms with Crippen LogP contribution in [0, 0.1) is 6.92 Å². The van der Waals surface area contributed by atoms with Crippen molar-refractivity contribution in [2.24, 2.45) is 5.73 Å². The van der Waals surface area contributed by atoms with Gasteiger partial charge in [0.15, 0.2) is 17.7 Å². The molecule has 0 aliphatic carbocycles. The second-order valence-electron chi connectivity index (χ2n) is 6.33. The molecule has 0 spiro atoms. The van der Waals surface area contributed by atoms with E-state index in [0.29, 0.717) is 34.9 Å². The van der Waals surface area contributed by atoms with E-state index in [2.05, 4.69) is 15.0 Å². The minimum Gasteiger partial charge on any atom is -0.480 e. The zero-order valence-corrected chi connectivity index (χ0v) is 15.4. The van der Waals surface area contributed by atoms with Gasteiger partial charge in [0.05, 0.1) is 12.4 Å². The van der Waals surface area contributed by atoms with E-state index in [4.69, 9.17) is 21.3 Å². The zero-order valence-electron chi connectivity index (χ0n) is 14.6. The van der Waals surface area contributed by atoms with E-state index >= 15 is 0 Å². The Bertz CT molecular complexity index is 832. The Hall–Kier alpha value is -1.99.